The molecule has 1 fully saturated rings. The van der Waals surface area contributed by atoms with Crippen LogP contribution in [0, 0.1) is 12.2 Å². The summed E-state index contributed by atoms with van der Waals surface area (Å²) in [6.07, 6.45) is 4.38. The Labute approximate surface area is 77.5 Å². The molecule has 1 unspecified atom stereocenters. The minimum Gasteiger partial charge on any atom is -0.373 e. The smallest absolute Gasteiger partial charge is 0.123 e. The second-order valence-electron chi connectivity index (χ2n) is 3.22. The molecule has 1 saturated heterocycles. The van der Waals surface area contributed by atoms with Gasteiger partial charge in [-0.3, -0.25) is 0 Å². The minimum atomic E-state index is -0.195. The molecule has 13 heavy (non-hydrogen) atoms. The lowest BCUT2D eigenvalue weighted by atomic mass is 10.0. The van der Waals surface area contributed by atoms with E-state index < -0.39 is 0 Å². The Morgan fingerprint density at radius 1 is 1.23 bits per heavy atom. The molecule has 1 atom stereocenters. The highest BCUT2D eigenvalue weighted by Crippen LogP contribution is 2.26. The van der Waals surface area contributed by atoms with Crippen LogP contribution in [0.25, 0.3) is 0 Å². The Morgan fingerprint density at radius 2 is 2.00 bits per heavy atom. The van der Waals surface area contributed by atoms with Gasteiger partial charge < -0.3 is 4.74 Å². The number of hydrogen-bond acceptors (Lipinski definition) is 1. The van der Waals surface area contributed by atoms with Gasteiger partial charge in [0.05, 0.1) is 6.10 Å². The summed E-state index contributed by atoms with van der Waals surface area (Å²) in [7, 11) is 0. The highest BCUT2D eigenvalue weighted by Gasteiger charge is 2.15. The molecule has 0 amide bonds. The van der Waals surface area contributed by atoms with E-state index >= 15 is 0 Å². The van der Waals surface area contributed by atoms with Crippen molar-refractivity contribution in [2.75, 3.05) is 6.61 Å². The van der Waals surface area contributed by atoms with Crippen molar-refractivity contribution in [2.45, 2.75) is 18.9 Å². The van der Waals surface area contributed by atoms with Crippen LogP contribution >= 0.6 is 0 Å². The molecule has 1 heterocycles. The molecule has 0 aromatic heterocycles. The Morgan fingerprint density at radius 3 is 2.62 bits per heavy atom. The van der Waals surface area contributed by atoms with E-state index in [2.05, 4.69) is 6.42 Å². The van der Waals surface area contributed by atoms with Crippen LogP contribution in [0.15, 0.2) is 24.3 Å². The number of benzene rings is 1. The summed E-state index contributed by atoms with van der Waals surface area (Å²) in [6.45, 7) is 0.804. The molecule has 1 nitrogen and oxygen atoms in total. The molecule has 2 rings (SSSR count). The Hall–Kier alpha value is -0.890. The maximum Gasteiger partial charge on any atom is 0.123 e. The molecule has 0 aliphatic carbocycles. The molecule has 1 aliphatic rings. The fourth-order valence-electron chi connectivity index (χ4n) is 1.52. The zero-order chi connectivity index (χ0) is 9.10. The average Bonchev–Trinajstić information content (AvgIpc) is 2.20. The predicted molar refractivity (Wildman–Crippen MR) is 48.6 cm³/mol. The van der Waals surface area contributed by atoms with Crippen molar-refractivity contribution < 1.29 is 9.13 Å². The van der Waals surface area contributed by atoms with Gasteiger partial charge in [0.1, 0.15) is 5.82 Å². The molecule has 1 aromatic carbocycles. The van der Waals surface area contributed by atoms with Crippen LogP contribution in [-0.4, -0.2) is 6.61 Å². The third-order valence-electron chi connectivity index (χ3n) is 2.23. The normalized spacial score (nSPS) is 23.0. The van der Waals surface area contributed by atoms with Crippen molar-refractivity contribution in [3.63, 3.8) is 0 Å². The second kappa shape index (κ2) is 3.88. The van der Waals surface area contributed by atoms with E-state index in [1.165, 1.54) is 12.1 Å². The zero-order valence-corrected chi connectivity index (χ0v) is 7.37. The van der Waals surface area contributed by atoms with Gasteiger partial charge in [-0.05, 0) is 37.0 Å². The van der Waals surface area contributed by atoms with Crippen LogP contribution in [0.2, 0.25) is 0 Å². The summed E-state index contributed by atoms with van der Waals surface area (Å²) in [5.74, 6) is -0.195. The first-order valence-electron chi connectivity index (χ1n) is 4.56. The van der Waals surface area contributed by atoms with E-state index in [0.717, 1.165) is 25.0 Å². The number of hydrogen-bond donors (Lipinski definition) is 0. The molecule has 69 valence electrons. The van der Waals surface area contributed by atoms with E-state index in [4.69, 9.17) is 4.74 Å². The maximum absolute atomic E-state index is 12.6. The molecule has 0 bridgehead atoms. The van der Waals surface area contributed by atoms with Crippen molar-refractivity contribution >= 4 is 0 Å². The molecule has 1 aliphatic heterocycles. The van der Waals surface area contributed by atoms with E-state index in [0.29, 0.717) is 0 Å². The van der Waals surface area contributed by atoms with E-state index in [1.54, 1.807) is 12.1 Å². The first-order valence-corrected chi connectivity index (χ1v) is 4.56. The summed E-state index contributed by atoms with van der Waals surface area (Å²) in [4.78, 5) is 0. The molecule has 1 aromatic rings. The molecule has 2 heteroatoms. The highest BCUT2D eigenvalue weighted by atomic mass is 19.1. The van der Waals surface area contributed by atoms with Gasteiger partial charge >= 0.3 is 0 Å². The lowest BCUT2D eigenvalue weighted by Crippen LogP contribution is -2.11. The Balaban J connectivity index is 2.10. The zero-order valence-electron chi connectivity index (χ0n) is 7.37. The van der Waals surface area contributed by atoms with E-state index in [1.807, 2.05) is 0 Å². The van der Waals surface area contributed by atoms with Gasteiger partial charge in [-0.25, -0.2) is 4.39 Å². The summed E-state index contributed by atoms with van der Waals surface area (Å²) in [6, 6.07) is 6.51. The van der Waals surface area contributed by atoms with Crippen LogP contribution in [0.1, 0.15) is 24.5 Å². The molecule has 0 N–H and O–H groups in total. The predicted octanol–water partition coefficient (Wildman–Crippen LogP) is 2.88. The first kappa shape index (κ1) is 8.70. The fraction of sp³-hybridized carbons (Fsp3) is 0.364. The molecular weight excluding hydrogens is 167 g/mol. The third-order valence-corrected chi connectivity index (χ3v) is 2.23. The number of ether oxygens (including phenoxy) is 1. The van der Waals surface area contributed by atoms with Crippen LogP contribution < -0.4 is 0 Å². The van der Waals surface area contributed by atoms with Crippen molar-refractivity contribution in [1.82, 2.24) is 0 Å². The maximum atomic E-state index is 12.6. The Bertz CT molecular complexity index is 262. The summed E-state index contributed by atoms with van der Waals surface area (Å²) >= 11 is 0. The van der Waals surface area contributed by atoms with Gasteiger partial charge in [0.25, 0.3) is 0 Å². The van der Waals surface area contributed by atoms with Crippen molar-refractivity contribution in [2.24, 2.45) is 0 Å². The van der Waals surface area contributed by atoms with Gasteiger partial charge in [0.15, 0.2) is 0 Å². The first-order chi connectivity index (χ1) is 6.36. The van der Waals surface area contributed by atoms with Gasteiger partial charge in [0.2, 0.25) is 0 Å². The molecule has 1 radical (unpaired) electrons. The monoisotopic (exact) mass is 179 g/mol. The van der Waals surface area contributed by atoms with E-state index in [9.17, 15) is 4.39 Å². The third kappa shape index (κ3) is 2.07. The second-order valence-corrected chi connectivity index (χ2v) is 3.22. The summed E-state index contributed by atoms with van der Waals surface area (Å²) in [5.41, 5.74) is 1.04. The minimum absolute atomic E-state index is 0.0642. The van der Waals surface area contributed by atoms with Crippen LogP contribution in [0.5, 0.6) is 0 Å². The fourth-order valence-corrected chi connectivity index (χ4v) is 1.52. The van der Waals surface area contributed by atoms with E-state index in [-0.39, 0.29) is 11.9 Å². The highest BCUT2D eigenvalue weighted by molar-refractivity contribution is 5.21. The quantitative estimate of drug-likeness (QED) is 0.644. The topological polar surface area (TPSA) is 9.23 Å². The van der Waals surface area contributed by atoms with Gasteiger partial charge in [-0.15, -0.1) is 0 Å². The lowest BCUT2D eigenvalue weighted by molar-refractivity contribution is 0.0487. The standard InChI is InChI=1S/C11H12FO/c12-10-6-4-9(5-7-10)11-3-1-2-8-13-11/h3-7,11H,1-2,8H2. The summed E-state index contributed by atoms with van der Waals surface area (Å²) < 4.78 is 18.1. The van der Waals surface area contributed by atoms with Crippen LogP contribution in [-0.2, 0) is 4.74 Å². The Kier molecular flexibility index (Phi) is 2.60. The molecule has 0 saturated carbocycles. The van der Waals surface area contributed by atoms with Crippen molar-refractivity contribution in [3.8, 4) is 0 Å². The average molecular weight is 179 g/mol. The molecule has 0 spiro atoms. The lowest BCUT2D eigenvalue weighted by Gasteiger charge is -2.22. The number of halogens is 1. The van der Waals surface area contributed by atoms with Crippen molar-refractivity contribution in [1.29, 1.82) is 0 Å². The van der Waals surface area contributed by atoms with Gasteiger partial charge in [-0.1, -0.05) is 12.1 Å². The largest absolute Gasteiger partial charge is 0.373 e. The van der Waals surface area contributed by atoms with Gasteiger partial charge in [-0.2, -0.15) is 0 Å². The van der Waals surface area contributed by atoms with Crippen LogP contribution in [0.3, 0.4) is 0 Å². The number of rotatable bonds is 1. The van der Waals surface area contributed by atoms with Crippen LogP contribution in [0.4, 0.5) is 4.39 Å². The van der Waals surface area contributed by atoms with Gasteiger partial charge in [0, 0.05) is 6.61 Å². The summed E-state index contributed by atoms with van der Waals surface area (Å²) in [5, 5.41) is 0. The van der Waals surface area contributed by atoms with Crippen molar-refractivity contribution in [3.05, 3.63) is 42.1 Å². The SMILES string of the molecule is Fc1ccc(C2[CH]CCCO2)cc1. The molecular formula is C11H12FO.